The molecule has 100 valence electrons. The molecule has 1 amide bonds. The van der Waals surface area contributed by atoms with Crippen molar-refractivity contribution in [3.63, 3.8) is 0 Å². The first-order valence-corrected chi connectivity index (χ1v) is 6.92. The second kappa shape index (κ2) is 7.61. The zero-order valence-electron chi connectivity index (χ0n) is 9.95. The van der Waals surface area contributed by atoms with Crippen molar-refractivity contribution in [2.45, 2.75) is 12.5 Å². The quantitative estimate of drug-likeness (QED) is 0.785. The molecule has 1 rings (SSSR count). The number of hydrogen-bond acceptors (Lipinski definition) is 3. The van der Waals surface area contributed by atoms with Gasteiger partial charge in [-0.05, 0) is 24.6 Å². The van der Waals surface area contributed by atoms with E-state index in [-0.39, 0.29) is 22.7 Å². The highest BCUT2D eigenvalue weighted by Crippen LogP contribution is 2.23. The van der Waals surface area contributed by atoms with Crippen LogP contribution in [-0.2, 0) is 4.74 Å². The Bertz CT molecular complexity index is 414. The summed E-state index contributed by atoms with van der Waals surface area (Å²) in [6.45, 7) is 0.576. The lowest BCUT2D eigenvalue weighted by molar-refractivity contribution is 0.0931. The van der Waals surface area contributed by atoms with Crippen LogP contribution in [0, 0.1) is 0 Å². The van der Waals surface area contributed by atoms with Crippen LogP contribution in [0.5, 0.6) is 5.75 Å². The molecular formula is C12H15BrClNO3. The van der Waals surface area contributed by atoms with E-state index in [1.807, 2.05) is 0 Å². The monoisotopic (exact) mass is 335 g/mol. The maximum absolute atomic E-state index is 11.9. The summed E-state index contributed by atoms with van der Waals surface area (Å²) in [4.78, 5) is 11.9. The van der Waals surface area contributed by atoms with Crippen LogP contribution in [0.15, 0.2) is 18.2 Å². The molecule has 0 bridgehead atoms. The van der Waals surface area contributed by atoms with Crippen LogP contribution in [0.2, 0.25) is 5.02 Å². The van der Waals surface area contributed by atoms with Crippen molar-refractivity contribution in [3.05, 3.63) is 28.8 Å². The van der Waals surface area contributed by atoms with Crippen molar-refractivity contribution < 1.29 is 14.6 Å². The average molecular weight is 337 g/mol. The molecule has 4 nitrogen and oxygen atoms in total. The molecule has 0 aliphatic carbocycles. The third kappa shape index (κ3) is 4.48. The van der Waals surface area contributed by atoms with Gasteiger partial charge in [0.25, 0.3) is 5.91 Å². The molecule has 0 saturated carbocycles. The van der Waals surface area contributed by atoms with E-state index in [1.54, 1.807) is 7.11 Å². The second-order valence-electron chi connectivity index (χ2n) is 3.77. The molecule has 18 heavy (non-hydrogen) atoms. The van der Waals surface area contributed by atoms with Gasteiger partial charge in [-0.3, -0.25) is 4.79 Å². The van der Waals surface area contributed by atoms with Crippen molar-refractivity contribution in [3.8, 4) is 5.75 Å². The molecule has 1 aromatic carbocycles. The molecular weight excluding hydrogens is 321 g/mol. The predicted molar refractivity (Wildman–Crippen MR) is 74.7 cm³/mol. The molecule has 0 fully saturated rings. The highest BCUT2D eigenvalue weighted by molar-refractivity contribution is 9.09. The van der Waals surface area contributed by atoms with Gasteiger partial charge in [0.1, 0.15) is 5.75 Å². The SMILES string of the molecule is COCCC(CBr)NC(=O)c1ccc(O)c(Cl)c1. The van der Waals surface area contributed by atoms with Crippen molar-refractivity contribution in [1.29, 1.82) is 0 Å². The van der Waals surface area contributed by atoms with Crippen LogP contribution in [0.1, 0.15) is 16.8 Å². The molecule has 2 N–H and O–H groups in total. The fourth-order valence-corrected chi connectivity index (χ4v) is 2.03. The van der Waals surface area contributed by atoms with Crippen LogP contribution in [0.4, 0.5) is 0 Å². The predicted octanol–water partition coefficient (Wildman–Crippen LogP) is 2.58. The number of phenols is 1. The Labute approximate surface area is 119 Å². The maximum atomic E-state index is 11.9. The molecule has 1 atom stereocenters. The molecule has 1 unspecified atom stereocenters. The van der Waals surface area contributed by atoms with Gasteiger partial charge in [0, 0.05) is 30.7 Å². The molecule has 0 aromatic heterocycles. The van der Waals surface area contributed by atoms with Gasteiger partial charge >= 0.3 is 0 Å². The van der Waals surface area contributed by atoms with Gasteiger partial charge in [-0.15, -0.1) is 0 Å². The first-order valence-electron chi connectivity index (χ1n) is 5.42. The van der Waals surface area contributed by atoms with Gasteiger partial charge in [0.2, 0.25) is 0 Å². The number of aromatic hydroxyl groups is 1. The van der Waals surface area contributed by atoms with Gasteiger partial charge in [-0.25, -0.2) is 0 Å². The summed E-state index contributed by atoms with van der Waals surface area (Å²) in [7, 11) is 1.62. The van der Waals surface area contributed by atoms with Gasteiger partial charge in [-0.1, -0.05) is 27.5 Å². The molecule has 1 aromatic rings. The smallest absolute Gasteiger partial charge is 0.251 e. The van der Waals surface area contributed by atoms with Crippen molar-refractivity contribution in [1.82, 2.24) is 5.32 Å². The third-order valence-electron chi connectivity index (χ3n) is 2.40. The van der Waals surface area contributed by atoms with Crippen LogP contribution in [0.25, 0.3) is 0 Å². The third-order valence-corrected chi connectivity index (χ3v) is 3.49. The normalized spacial score (nSPS) is 12.2. The molecule has 0 spiro atoms. The fourth-order valence-electron chi connectivity index (χ4n) is 1.36. The second-order valence-corrected chi connectivity index (χ2v) is 4.83. The lowest BCUT2D eigenvalue weighted by Crippen LogP contribution is -2.36. The Morgan fingerprint density at radius 3 is 2.89 bits per heavy atom. The lowest BCUT2D eigenvalue weighted by atomic mass is 10.1. The summed E-state index contributed by atoms with van der Waals surface area (Å²) in [5.74, 6) is -0.262. The van der Waals surface area contributed by atoms with E-state index >= 15 is 0 Å². The van der Waals surface area contributed by atoms with Gasteiger partial charge in [0.05, 0.1) is 5.02 Å². The van der Waals surface area contributed by atoms with E-state index in [9.17, 15) is 9.90 Å². The van der Waals surface area contributed by atoms with Gasteiger partial charge < -0.3 is 15.2 Å². The first-order chi connectivity index (χ1) is 8.58. The van der Waals surface area contributed by atoms with Crippen LogP contribution < -0.4 is 5.32 Å². The molecule has 0 aliphatic heterocycles. The standard InChI is InChI=1S/C12H15BrClNO3/c1-18-5-4-9(7-13)15-12(17)8-2-3-11(16)10(14)6-8/h2-3,6,9,16H,4-5,7H2,1H3,(H,15,17). The van der Waals surface area contributed by atoms with E-state index < -0.39 is 0 Å². The minimum absolute atomic E-state index is 0.00923. The minimum Gasteiger partial charge on any atom is -0.506 e. The number of rotatable bonds is 6. The number of nitrogens with one attached hydrogen (secondary N) is 1. The summed E-state index contributed by atoms with van der Waals surface area (Å²) in [6.07, 6.45) is 0.722. The average Bonchev–Trinajstić information content (AvgIpc) is 2.37. The summed E-state index contributed by atoms with van der Waals surface area (Å²) >= 11 is 9.09. The molecule has 0 heterocycles. The number of halogens is 2. The van der Waals surface area contributed by atoms with Crippen LogP contribution >= 0.6 is 27.5 Å². The van der Waals surface area contributed by atoms with E-state index in [1.165, 1.54) is 18.2 Å². The largest absolute Gasteiger partial charge is 0.506 e. The lowest BCUT2D eigenvalue weighted by Gasteiger charge is -2.15. The van der Waals surface area contributed by atoms with Crippen LogP contribution in [0.3, 0.4) is 0 Å². The minimum atomic E-state index is -0.225. The zero-order valence-corrected chi connectivity index (χ0v) is 12.3. The Balaban J connectivity index is 2.65. The van der Waals surface area contributed by atoms with E-state index in [0.29, 0.717) is 17.5 Å². The number of carbonyl (C=O) groups excluding carboxylic acids is 1. The first kappa shape index (κ1) is 15.3. The van der Waals surface area contributed by atoms with Crippen molar-refractivity contribution >= 4 is 33.4 Å². The number of carbonyl (C=O) groups is 1. The Morgan fingerprint density at radius 1 is 1.61 bits per heavy atom. The topological polar surface area (TPSA) is 58.6 Å². The number of benzene rings is 1. The number of ether oxygens (including phenoxy) is 1. The maximum Gasteiger partial charge on any atom is 0.251 e. The summed E-state index contributed by atoms with van der Waals surface area (Å²) in [5, 5.41) is 12.9. The highest BCUT2D eigenvalue weighted by Gasteiger charge is 2.13. The number of phenolic OH excluding ortho intramolecular Hbond substituents is 1. The Kier molecular flexibility index (Phi) is 6.46. The Hall–Kier alpha value is -0.780. The van der Waals surface area contributed by atoms with Crippen LogP contribution in [-0.4, -0.2) is 36.1 Å². The van der Waals surface area contributed by atoms with E-state index in [4.69, 9.17) is 16.3 Å². The Morgan fingerprint density at radius 2 is 2.33 bits per heavy atom. The molecule has 0 radical (unpaired) electrons. The molecule has 0 aliphatic rings. The molecule has 6 heteroatoms. The molecule has 0 saturated heterocycles. The number of alkyl halides is 1. The summed E-state index contributed by atoms with van der Waals surface area (Å²) in [5.41, 5.74) is 0.418. The summed E-state index contributed by atoms with van der Waals surface area (Å²) < 4.78 is 4.97. The van der Waals surface area contributed by atoms with Gasteiger partial charge in [-0.2, -0.15) is 0 Å². The van der Waals surface area contributed by atoms with Crippen molar-refractivity contribution in [2.24, 2.45) is 0 Å². The van der Waals surface area contributed by atoms with Crippen molar-refractivity contribution in [2.75, 3.05) is 19.0 Å². The van der Waals surface area contributed by atoms with E-state index in [2.05, 4.69) is 21.2 Å². The fraction of sp³-hybridized carbons (Fsp3) is 0.417. The zero-order chi connectivity index (χ0) is 13.5. The number of amides is 1. The van der Waals surface area contributed by atoms with Gasteiger partial charge in [0.15, 0.2) is 0 Å². The number of methoxy groups -OCH3 is 1. The highest BCUT2D eigenvalue weighted by atomic mass is 79.9. The summed E-state index contributed by atoms with van der Waals surface area (Å²) in [6, 6.07) is 4.35. The number of hydrogen-bond donors (Lipinski definition) is 2. The van der Waals surface area contributed by atoms with E-state index in [0.717, 1.165) is 6.42 Å².